The van der Waals surface area contributed by atoms with Gasteiger partial charge in [0.25, 0.3) is 0 Å². The van der Waals surface area contributed by atoms with Crippen molar-refractivity contribution in [1.29, 1.82) is 0 Å². The summed E-state index contributed by atoms with van der Waals surface area (Å²) in [4.78, 5) is 17.9. The molecule has 0 atom stereocenters. The smallest absolute Gasteiger partial charge is 0.230 e. The number of likely N-dealkylation sites (tertiary alicyclic amines) is 1. The first kappa shape index (κ1) is 17.3. The molecule has 27 heavy (non-hydrogen) atoms. The van der Waals surface area contributed by atoms with Crippen LogP contribution in [0.5, 0.6) is 0 Å². The van der Waals surface area contributed by atoms with Crippen LogP contribution in [0.4, 0.5) is 0 Å². The van der Waals surface area contributed by atoms with Gasteiger partial charge in [0, 0.05) is 49.3 Å². The summed E-state index contributed by atoms with van der Waals surface area (Å²) in [5.74, 6) is 0.425. The number of aromatic nitrogens is 1. The van der Waals surface area contributed by atoms with E-state index >= 15 is 0 Å². The van der Waals surface area contributed by atoms with Gasteiger partial charge in [0.1, 0.15) is 0 Å². The van der Waals surface area contributed by atoms with Crippen LogP contribution >= 0.6 is 0 Å². The molecule has 2 fully saturated rings. The Morgan fingerprint density at radius 3 is 2.63 bits per heavy atom. The Morgan fingerprint density at radius 2 is 1.89 bits per heavy atom. The van der Waals surface area contributed by atoms with Crippen molar-refractivity contribution in [2.24, 2.45) is 5.41 Å². The van der Waals surface area contributed by atoms with Gasteiger partial charge in [-0.05, 0) is 70.2 Å². The van der Waals surface area contributed by atoms with Crippen molar-refractivity contribution in [2.75, 3.05) is 26.7 Å². The summed E-state index contributed by atoms with van der Waals surface area (Å²) in [6.07, 6.45) is 6.85. The molecule has 1 aromatic carbocycles. The molecule has 3 heterocycles. The second kappa shape index (κ2) is 6.37. The highest BCUT2D eigenvalue weighted by molar-refractivity contribution is 5.88. The first-order valence-electron chi connectivity index (χ1n) is 10.7. The summed E-state index contributed by atoms with van der Waals surface area (Å²) in [7, 11) is 2.21. The van der Waals surface area contributed by atoms with E-state index < -0.39 is 0 Å². The highest BCUT2D eigenvalue weighted by Crippen LogP contribution is 2.50. The van der Waals surface area contributed by atoms with Gasteiger partial charge in [-0.2, -0.15) is 0 Å². The summed E-state index contributed by atoms with van der Waals surface area (Å²) in [6.45, 7) is 7.10. The summed E-state index contributed by atoms with van der Waals surface area (Å²) in [6, 6.07) is 6.85. The molecule has 1 aromatic heterocycles. The van der Waals surface area contributed by atoms with Crippen LogP contribution in [-0.4, -0.2) is 47.0 Å². The predicted octanol–water partition coefficient (Wildman–Crippen LogP) is 3.73. The van der Waals surface area contributed by atoms with E-state index in [-0.39, 0.29) is 5.41 Å². The number of amides is 1. The minimum atomic E-state index is -0.141. The molecule has 2 aliphatic heterocycles. The molecule has 1 saturated heterocycles. The third kappa shape index (κ3) is 2.89. The predicted molar refractivity (Wildman–Crippen MR) is 109 cm³/mol. The second-order valence-electron chi connectivity index (χ2n) is 9.15. The number of carbonyl (C=O) groups excluding carboxylic acids is 1. The van der Waals surface area contributed by atoms with Gasteiger partial charge < -0.3 is 14.4 Å². The average molecular weight is 366 g/mol. The lowest BCUT2D eigenvalue weighted by Gasteiger charge is -2.32. The fourth-order valence-corrected chi connectivity index (χ4v) is 5.19. The number of rotatable bonds is 3. The van der Waals surface area contributed by atoms with Crippen LogP contribution in [-0.2, 0) is 24.3 Å². The topological polar surface area (TPSA) is 28.5 Å². The van der Waals surface area contributed by atoms with Crippen LogP contribution < -0.4 is 0 Å². The van der Waals surface area contributed by atoms with E-state index in [1.54, 1.807) is 0 Å². The monoisotopic (exact) mass is 365 g/mol. The Kier molecular flexibility index (Phi) is 4.08. The number of piperidine rings is 1. The SMILES string of the molecule is Cc1ccc2c(c1)c1c(n2CC2(C(=O)N3CCCCC3)CC2)CN(C)CC1. The maximum atomic E-state index is 13.3. The number of aryl methyl sites for hydroxylation is 1. The number of carbonyl (C=O) groups is 1. The van der Waals surface area contributed by atoms with Crippen molar-refractivity contribution in [1.82, 2.24) is 14.4 Å². The number of hydrogen-bond donors (Lipinski definition) is 0. The molecule has 0 radical (unpaired) electrons. The molecule has 144 valence electrons. The van der Waals surface area contributed by atoms with Crippen molar-refractivity contribution in [3.63, 3.8) is 0 Å². The van der Waals surface area contributed by atoms with Crippen LogP contribution in [0.3, 0.4) is 0 Å². The summed E-state index contributed by atoms with van der Waals surface area (Å²) in [5, 5.41) is 1.42. The van der Waals surface area contributed by atoms with Crippen molar-refractivity contribution in [2.45, 2.75) is 58.5 Å². The summed E-state index contributed by atoms with van der Waals surface area (Å²) >= 11 is 0. The van der Waals surface area contributed by atoms with E-state index in [2.05, 4.69) is 46.5 Å². The third-order valence-electron chi connectivity index (χ3n) is 7.02. The Balaban J connectivity index is 1.53. The van der Waals surface area contributed by atoms with Gasteiger partial charge >= 0.3 is 0 Å². The average Bonchev–Trinajstić information content (AvgIpc) is 3.41. The first-order valence-corrected chi connectivity index (χ1v) is 10.7. The van der Waals surface area contributed by atoms with Gasteiger partial charge in [0.05, 0.1) is 5.41 Å². The largest absolute Gasteiger partial charge is 0.342 e. The van der Waals surface area contributed by atoms with Crippen molar-refractivity contribution in [3.8, 4) is 0 Å². The van der Waals surface area contributed by atoms with E-state index in [9.17, 15) is 4.79 Å². The molecule has 0 bridgehead atoms. The van der Waals surface area contributed by atoms with E-state index in [4.69, 9.17) is 0 Å². The van der Waals surface area contributed by atoms with Crippen LogP contribution in [0, 0.1) is 12.3 Å². The minimum absolute atomic E-state index is 0.141. The fraction of sp³-hybridized carbons (Fsp3) is 0.609. The molecule has 1 saturated carbocycles. The lowest BCUT2D eigenvalue weighted by molar-refractivity contribution is -0.138. The van der Waals surface area contributed by atoms with Crippen molar-refractivity contribution < 1.29 is 4.79 Å². The fourth-order valence-electron chi connectivity index (χ4n) is 5.19. The standard InChI is InChI=1S/C23H31N3O/c1-17-6-7-20-19(14-17)18-8-13-24(2)15-21(18)26(20)16-23(9-10-23)22(27)25-11-4-3-5-12-25/h6-7,14H,3-5,8-13,15-16H2,1-2H3. The molecule has 4 heteroatoms. The van der Waals surface area contributed by atoms with Crippen LogP contribution in [0.25, 0.3) is 10.9 Å². The molecule has 0 spiro atoms. The Labute approximate surface area is 162 Å². The van der Waals surface area contributed by atoms with Crippen molar-refractivity contribution >= 4 is 16.8 Å². The van der Waals surface area contributed by atoms with Gasteiger partial charge in [-0.15, -0.1) is 0 Å². The highest BCUT2D eigenvalue weighted by Gasteiger charge is 2.52. The number of nitrogens with zero attached hydrogens (tertiary/aromatic N) is 3. The zero-order valence-corrected chi connectivity index (χ0v) is 16.8. The molecule has 1 amide bonds. The van der Waals surface area contributed by atoms with E-state index in [0.29, 0.717) is 5.91 Å². The van der Waals surface area contributed by atoms with E-state index in [1.165, 1.54) is 47.0 Å². The number of fused-ring (bicyclic) bond motifs is 3. The molecule has 4 nitrogen and oxygen atoms in total. The zero-order valence-electron chi connectivity index (χ0n) is 16.8. The molecule has 5 rings (SSSR count). The maximum Gasteiger partial charge on any atom is 0.230 e. The summed E-state index contributed by atoms with van der Waals surface area (Å²) < 4.78 is 2.51. The van der Waals surface area contributed by atoms with E-state index in [0.717, 1.165) is 52.0 Å². The van der Waals surface area contributed by atoms with Crippen LogP contribution in [0.2, 0.25) is 0 Å². The Bertz CT molecular complexity index is 887. The van der Waals surface area contributed by atoms with Gasteiger partial charge in [-0.3, -0.25) is 4.79 Å². The normalized spacial score (nSPS) is 22.1. The van der Waals surface area contributed by atoms with Gasteiger partial charge in [0.2, 0.25) is 5.91 Å². The third-order valence-corrected chi connectivity index (χ3v) is 7.02. The maximum absolute atomic E-state index is 13.3. The lowest BCUT2D eigenvalue weighted by atomic mass is 10.0. The number of hydrogen-bond acceptors (Lipinski definition) is 2. The van der Waals surface area contributed by atoms with Gasteiger partial charge in [-0.25, -0.2) is 0 Å². The van der Waals surface area contributed by atoms with E-state index in [1.807, 2.05) is 0 Å². The Morgan fingerprint density at radius 1 is 1.11 bits per heavy atom. The zero-order chi connectivity index (χ0) is 18.6. The molecule has 2 aromatic rings. The van der Waals surface area contributed by atoms with Crippen molar-refractivity contribution in [3.05, 3.63) is 35.0 Å². The van der Waals surface area contributed by atoms with Gasteiger partial charge in [0.15, 0.2) is 0 Å². The van der Waals surface area contributed by atoms with Gasteiger partial charge in [-0.1, -0.05) is 11.6 Å². The molecule has 0 N–H and O–H groups in total. The quantitative estimate of drug-likeness (QED) is 0.829. The number of benzene rings is 1. The molecular formula is C23H31N3O. The molecular weight excluding hydrogens is 334 g/mol. The lowest BCUT2D eigenvalue weighted by Crippen LogP contribution is -2.42. The molecule has 1 aliphatic carbocycles. The van der Waals surface area contributed by atoms with Crippen LogP contribution in [0.15, 0.2) is 18.2 Å². The summed E-state index contributed by atoms with van der Waals surface area (Å²) in [5.41, 5.74) is 5.48. The first-order chi connectivity index (χ1) is 13.1. The minimum Gasteiger partial charge on any atom is -0.342 e. The second-order valence-corrected chi connectivity index (χ2v) is 9.15. The molecule has 0 unspecified atom stereocenters. The van der Waals surface area contributed by atoms with Crippen LogP contribution in [0.1, 0.15) is 48.9 Å². The highest BCUT2D eigenvalue weighted by atomic mass is 16.2. The molecule has 3 aliphatic rings. The Hall–Kier alpha value is -1.81. The number of likely N-dealkylation sites (N-methyl/N-ethyl adjacent to an activating group) is 1.